The second-order valence-electron chi connectivity index (χ2n) is 43.3. The van der Waals surface area contributed by atoms with E-state index >= 15 is 0 Å². The molecule has 0 aromatic carbocycles. The van der Waals surface area contributed by atoms with Gasteiger partial charge in [0.1, 0.15) is 0 Å². The summed E-state index contributed by atoms with van der Waals surface area (Å²) in [5.41, 5.74) is 0. The van der Waals surface area contributed by atoms with Crippen molar-refractivity contribution in [1.29, 1.82) is 0 Å². The van der Waals surface area contributed by atoms with E-state index in [1.54, 1.807) is 0 Å². The van der Waals surface area contributed by atoms with Gasteiger partial charge in [0, 0.05) is 30.7 Å². The number of carbonyl (C=O) groups is 7. The molecule has 2 atom stereocenters. The molecule has 838 valence electrons. The summed E-state index contributed by atoms with van der Waals surface area (Å²) in [5.74, 6) is -5.55. The Morgan fingerprint density at radius 1 is 0.141 bits per heavy atom. The van der Waals surface area contributed by atoms with Crippen LogP contribution in [0.1, 0.15) is 755 Å². The quantitative estimate of drug-likeness (QED) is 0.0377. The topological polar surface area (TPSA) is 272 Å². The number of unbranched alkanes of at least 4 members (excludes halogenated alkanes) is 90. The van der Waals surface area contributed by atoms with Gasteiger partial charge in [0.15, 0.2) is 0 Å². The van der Waals surface area contributed by atoms with Gasteiger partial charge in [-0.2, -0.15) is 0 Å². The van der Waals surface area contributed by atoms with Crippen molar-refractivity contribution in [3.05, 3.63) is 0 Å². The fourth-order valence-corrected chi connectivity index (χ4v) is 21.2. The first-order chi connectivity index (χ1) is 69.2. The summed E-state index contributed by atoms with van der Waals surface area (Å²) in [5, 5.41) is 66.7. The molecule has 0 saturated carbocycles. The molecular weight excluding hydrogens is 1870 g/mol. The molecule has 0 radical (unpaired) electrons. The Balaban J connectivity index is -0.000000300. The first kappa shape index (κ1) is 152. The summed E-state index contributed by atoms with van der Waals surface area (Å²) in [6.45, 7) is 15.9. The number of hydrogen-bond acceptors (Lipinski definition) is 11. The molecule has 142 heavy (non-hydrogen) atoms. The minimum atomic E-state index is -0.903. The van der Waals surface area contributed by atoms with Crippen molar-refractivity contribution >= 4 is 41.8 Å². The van der Waals surface area contributed by atoms with Gasteiger partial charge in [-0.1, -0.05) is 511 Å². The third-order valence-electron chi connectivity index (χ3n) is 28.4. The predicted molar refractivity (Wildman–Crippen MR) is 598 cm³/mol. The Morgan fingerprint density at radius 2 is 0.225 bits per heavy atom. The van der Waals surface area contributed by atoms with Crippen LogP contribution >= 0.6 is 0 Å². The van der Waals surface area contributed by atoms with Crippen LogP contribution in [-0.2, 0) is 70.2 Å². The van der Waals surface area contributed by atoms with Gasteiger partial charge in [-0.05, 0) is 51.4 Å². The summed E-state index contributed by atoms with van der Waals surface area (Å²) in [6, 6.07) is 0. The van der Waals surface area contributed by atoms with Gasteiger partial charge in [0.2, 0.25) is 0 Å². The first-order valence-electron chi connectivity index (χ1n) is 63.3. The Hall–Kier alpha value is -2.46. The standard InChI is InChI=1S/5C18H36O2.2C18H35O2.2Zn/c7*1-2-3-4-5-6-7-8-9-10-11-12-13-14-15-16-17-18(19)20;;/h5*2-17H2,1H3,(H,19,20);2*14H,2-13,15-17H2,1H3,(H,19,20);;/q;;;;;;;2*+2/p-4. The number of rotatable bonds is 112. The molecule has 0 aliphatic rings. The van der Waals surface area contributed by atoms with Crippen molar-refractivity contribution in [2.24, 2.45) is 0 Å². The number of carboxylic acid groups (broad SMARTS) is 7. The molecule has 0 amide bonds. The van der Waals surface area contributed by atoms with Crippen LogP contribution in [0.2, 0.25) is 9.02 Å². The second kappa shape index (κ2) is 145. The molecule has 3 N–H and O–H groups in total. The van der Waals surface area contributed by atoms with Gasteiger partial charge in [-0.25, -0.2) is 0 Å². The molecule has 0 bridgehead atoms. The SMILES string of the molecule is CCCCCCCCCCCCCCCCCC(=O)O.CCCCCCCCCCCCCCCCCC(=O)O.CCCCCCCCCCCCCCCCCC(=O)[O-].CCCCCCCCCCCCCCCCCC(=O)[O-].CCCCCCCCCCCCCCCCCC(=O)[O-].CCCCCCCCCCCCC[CH]([Zn+2])CCCC(=O)O.CCCCCCCCCCCCC[CH]([Zn+2])CCCC(=O)[O-]. The average Bonchev–Trinajstić information content (AvgIpc) is 1.04. The number of carboxylic acids is 7. The molecule has 0 spiro atoms. The van der Waals surface area contributed by atoms with E-state index in [0.29, 0.717) is 19.3 Å². The van der Waals surface area contributed by atoms with Gasteiger partial charge in [0.05, 0.1) is 0 Å². The van der Waals surface area contributed by atoms with E-state index in [4.69, 9.17) is 15.3 Å². The molecule has 16 heteroatoms. The normalized spacial score (nSPS) is 11.3. The van der Waals surface area contributed by atoms with Crippen molar-refractivity contribution in [2.45, 2.75) is 764 Å². The monoisotopic (exact) mass is 2110 g/mol. The van der Waals surface area contributed by atoms with Gasteiger partial charge in [-0.3, -0.25) is 9.59 Å². The van der Waals surface area contributed by atoms with Crippen molar-refractivity contribution in [3.8, 4) is 0 Å². The van der Waals surface area contributed by atoms with Crippen LogP contribution in [0.5, 0.6) is 0 Å². The van der Waals surface area contributed by atoms with E-state index in [1.807, 2.05) is 0 Å². The van der Waals surface area contributed by atoms with Crippen molar-refractivity contribution in [1.82, 2.24) is 0 Å². The van der Waals surface area contributed by atoms with Gasteiger partial charge < -0.3 is 39.9 Å². The molecule has 2 unspecified atom stereocenters. The number of hydrogen-bond donors (Lipinski definition) is 3. The van der Waals surface area contributed by atoms with E-state index < -0.39 is 41.8 Å². The summed E-state index contributed by atoms with van der Waals surface area (Å²) in [4.78, 5) is 72.1. The molecule has 0 aromatic heterocycles. The Labute approximate surface area is 905 Å². The molecule has 0 aromatic rings. The summed E-state index contributed by atoms with van der Waals surface area (Å²) >= 11 is 2.64. The molecule has 0 aliphatic carbocycles. The van der Waals surface area contributed by atoms with E-state index in [2.05, 4.69) is 48.5 Å². The fourth-order valence-electron chi connectivity index (χ4n) is 18.8. The molecule has 14 nitrogen and oxygen atoms in total. The predicted octanol–water partition coefficient (Wildman–Crippen LogP) is 38.9. The maximum atomic E-state index is 10.5. The molecular formula is C126H246O14Zn2. The van der Waals surface area contributed by atoms with Crippen LogP contribution in [0, 0.1) is 0 Å². The molecule has 0 aliphatic heterocycles. The van der Waals surface area contributed by atoms with E-state index in [9.17, 15) is 54.0 Å². The second-order valence-corrected chi connectivity index (χ2v) is 48.2. The first-order valence-corrected chi connectivity index (χ1v) is 66.7. The van der Waals surface area contributed by atoms with Crippen LogP contribution in [0.25, 0.3) is 0 Å². The average molecular weight is 2120 g/mol. The van der Waals surface area contributed by atoms with E-state index in [-0.39, 0.29) is 25.7 Å². The van der Waals surface area contributed by atoms with Crippen LogP contribution < -0.4 is 20.4 Å². The van der Waals surface area contributed by atoms with E-state index in [1.165, 1.54) is 608 Å². The van der Waals surface area contributed by atoms with Crippen molar-refractivity contribution in [2.75, 3.05) is 0 Å². The Kier molecular flexibility index (Phi) is 155. The molecule has 0 heterocycles. The number of aliphatic carboxylic acids is 7. The summed E-state index contributed by atoms with van der Waals surface area (Å²) < 4.78 is 1.62. The molecule has 0 fully saturated rings. The fraction of sp³-hybridized carbons (Fsp3) is 0.944. The van der Waals surface area contributed by atoms with Crippen LogP contribution in [0.4, 0.5) is 0 Å². The van der Waals surface area contributed by atoms with Crippen molar-refractivity contribution < 1.29 is 106 Å². The van der Waals surface area contributed by atoms with Gasteiger partial charge >= 0.3 is 269 Å². The number of carbonyl (C=O) groups excluding carboxylic acids is 4. The molecule has 0 saturated heterocycles. The van der Waals surface area contributed by atoms with Crippen molar-refractivity contribution in [3.63, 3.8) is 0 Å². The zero-order chi connectivity index (χ0) is 106. The third-order valence-corrected chi connectivity index (χ3v) is 31.8. The van der Waals surface area contributed by atoms with Crippen LogP contribution in [0.3, 0.4) is 0 Å². The zero-order valence-corrected chi connectivity index (χ0v) is 103. The third kappa shape index (κ3) is 176. The Bertz CT molecular complexity index is 2060. The van der Waals surface area contributed by atoms with Gasteiger partial charge in [0.25, 0.3) is 0 Å². The molecule has 0 rings (SSSR count). The zero-order valence-electron chi connectivity index (χ0n) is 96.7. The van der Waals surface area contributed by atoms with Crippen LogP contribution in [-0.4, -0.2) is 57.1 Å². The Morgan fingerprint density at radius 3 is 0.345 bits per heavy atom. The minimum absolute atomic E-state index is 0.234. The van der Waals surface area contributed by atoms with Gasteiger partial charge in [-0.15, -0.1) is 0 Å². The summed E-state index contributed by atoms with van der Waals surface area (Å²) in [7, 11) is 0. The summed E-state index contributed by atoms with van der Waals surface area (Å²) in [6.07, 6.45) is 138. The maximum absolute atomic E-state index is 10.5. The van der Waals surface area contributed by atoms with Crippen LogP contribution in [0.15, 0.2) is 0 Å². The van der Waals surface area contributed by atoms with E-state index in [0.717, 1.165) is 98.9 Å².